The standard InChI is InChI=1S/C36H43N3O6/c1-5-35-18-10-21-38(26-14-16-27(17-15-26)44-6-2)32(41)29(35)30-33(42)39(28(23-40)24(3)4)31-34(43)37(20-11-19-36(30,31)45-35)22-25-12-8-7-9-13-25/h7-19,24,28-31,40H,5-6,20-23H2,1-4H3/t28-,29+,30-,31?,35-,36-/m0/s1. The molecular formula is C36H43N3O6. The fraction of sp³-hybridized carbons (Fsp3) is 0.472. The van der Waals surface area contributed by atoms with Gasteiger partial charge in [-0.3, -0.25) is 14.4 Å². The summed E-state index contributed by atoms with van der Waals surface area (Å²) in [6.07, 6.45) is 8.08. The van der Waals surface area contributed by atoms with Gasteiger partial charge in [0.15, 0.2) is 0 Å². The van der Waals surface area contributed by atoms with Gasteiger partial charge in [-0.05, 0) is 49.1 Å². The number of fused-ring (bicyclic) bond motifs is 2. The van der Waals surface area contributed by atoms with E-state index in [2.05, 4.69) is 0 Å². The van der Waals surface area contributed by atoms with E-state index in [-0.39, 0.29) is 30.2 Å². The first-order chi connectivity index (χ1) is 21.7. The third-order valence-corrected chi connectivity index (χ3v) is 9.95. The first-order valence-corrected chi connectivity index (χ1v) is 16.1. The molecule has 0 saturated carbocycles. The number of hydrogen-bond donors (Lipinski definition) is 1. The Labute approximate surface area is 265 Å². The van der Waals surface area contributed by atoms with E-state index in [0.717, 1.165) is 5.56 Å². The minimum absolute atomic E-state index is 0.140. The summed E-state index contributed by atoms with van der Waals surface area (Å²) in [5, 5.41) is 10.6. The van der Waals surface area contributed by atoms with Crippen LogP contribution in [0, 0.1) is 17.8 Å². The Morgan fingerprint density at radius 2 is 1.62 bits per heavy atom. The van der Waals surface area contributed by atoms with Crippen LogP contribution in [0.1, 0.15) is 39.7 Å². The fourth-order valence-electron chi connectivity index (χ4n) is 7.79. The van der Waals surface area contributed by atoms with Crippen LogP contribution >= 0.6 is 0 Å². The highest BCUT2D eigenvalue weighted by Crippen LogP contribution is 2.59. The predicted octanol–water partition coefficient (Wildman–Crippen LogP) is 3.96. The molecule has 3 amide bonds. The van der Waals surface area contributed by atoms with Crippen molar-refractivity contribution in [1.29, 1.82) is 0 Å². The summed E-state index contributed by atoms with van der Waals surface area (Å²) in [4.78, 5) is 49.2. The molecular weight excluding hydrogens is 570 g/mol. The van der Waals surface area contributed by atoms with Gasteiger partial charge in [0.05, 0.1) is 36.7 Å². The molecule has 2 fully saturated rings. The number of carbonyl (C=O) groups excluding carboxylic acids is 3. The van der Waals surface area contributed by atoms with Gasteiger partial charge < -0.3 is 29.3 Å². The van der Waals surface area contributed by atoms with E-state index in [1.807, 2.05) is 107 Å². The van der Waals surface area contributed by atoms with Crippen LogP contribution in [0.2, 0.25) is 0 Å². The van der Waals surface area contributed by atoms with Crippen molar-refractivity contribution < 1.29 is 29.0 Å². The first kappa shape index (κ1) is 31.0. The monoisotopic (exact) mass is 613 g/mol. The molecule has 9 heteroatoms. The summed E-state index contributed by atoms with van der Waals surface area (Å²) < 4.78 is 12.7. The molecule has 2 aromatic rings. The number of aliphatic hydroxyl groups is 1. The fourth-order valence-corrected chi connectivity index (χ4v) is 7.79. The lowest BCUT2D eigenvalue weighted by Gasteiger charge is -2.41. The summed E-state index contributed by atoms with van der Waals surface area (Å²) in [6, 6.07) is 15.4. The lowest BCUT2D eigenvalue weighted by Crippen LogP contribution is -2.59. The maximum absolute atomic E-state index is 14.8. The van der Waals surface area contributed by atoms with E-state index in [0.29, 0.717) is 44.1 Å². The molecule has 1 spiro atoms. The number of benzene rings is 2. The molecule has 0 aromatic heterocycles. The SMILES string of the molecule is CCOc1ccc(N2CC=C[C@]3(CC)O[C@]45C=CCN(Cc6ccccc6)C(=O)C4N([C@@H](CO)C(C)C)C(=O)[C@@H]5[C@@H]3C2=O)cc1. The molecule has 1 N–H and O–H groups in total. The molecule has 6 rings (SSSR count). The van der Waals surface area contributed by atoms with Crippen molar-refractivity contribution in [2.45, 2.75) is 63.9 Å². The van der Waals surface area contributed by atoms with Crippen molar-refractivity contribution in [3.63, 3.8) is 0 Å². The summed E-state index contributed by atoms with van der Waals surface area (Å²) in [7, 11) is 0. The summed E-state index contributed by atoms with van der Waals surface area (Å²) in [5.74, 6) is -2.06. The smallest absolute Gasteiger partial charge is 0.249 e. The quantitative estimate of drug-likeness (QED) is 0.430. The molecule has 0 radical (unpaired) electrons. The minimum atomic E-state index is -1.38. The zero-order valence-electron chi connectivity index (χ0n) is 26.5. The number of likely N-dealkylation sites (tertiary alicyclic amines) is 1. The Bertz CT molecular complexity index is 1490. The van der Waals surface area contributed by atoms with Crippen LogP contribution in [0.5, 0.6) is 5.75 Å². The lowest BCUT2D eigenvalue weighted by molar-refractivity contribution is -0.157. The predicted molar refractivity (Wildman–Crippen MR) is 170 cm³/mol. The number of anilines is 1. The van der Waals surface area contributed by atoms with Gasteiger partial charge in [-0.1, -0.05) is 75.4 Å². The van der Waals surface area contributed by atoms with E-state index in [4.69, 9.17) is 9.47 Å². The largest absolute Gasteiger partial charge is 0.494 e. The van der Waals surface area contributed by atoms with Gasteiger partial charge >= 0.3 is 0 Å². The molecule has 6 atom stereocenters. The van der Waals surface area contributed by atoms with Crippen LogP contribution in [-0.4, -0.2) is 82.2 Å². The molecule has 45 heavy (non-hydrogen) atoms. The second-order valence-corrected chi connectivity index (χ2v) is 12.7. The van der Waals surface area contributed by atoms with E-state index in [1.165, 1.54) is 0 Å². The second kappa shape index (κ2) is 12.1. The van der Waals surface area contributed by atoms with E-state index >= 15 is 0 Å². The van der Waals surface area contributed by atoms with Crippen LogP contribution in [0.3, 0.4) is 0 Å². The average molecular weight is 614 g/mol. The number of amides is 3. The van der Waals surface area contributed by atoms with E-state index < -0.39 is 35.1 Å². The van der Waals surface area contributed by atoms with E-state index in [9.17, 15) is 19.5 Å². The van der Waals surface area contributed by atoms with Crippen molar-refractivity contribution in [2.75, 3.05) is 31.2 Å². The van der Waals surface area contributed by atoms with E-state index in [1.54, 1.807) is 14.7 Å². The molecule has 4 aliphatic rings. The van der Waals surface area contributed by atoms with Crippen molar-refractivity contribution >= 4 is 23.4 Å². The molecule has 2 aromatic carbocycles. The highest BCUT2D eigenvalue weighted by Gasteiger charge is 2.76. The normalized spacial score (nSPS) is 29.9. The summed E-state index contributed by atoms with van der Waals surface area (Å²) >= 11 is 0. The molecule has 4 aliphatic heterocycles. The Balaban J connectivity index is 1.46. The van der Waals surface area contributed by atoms with Gasteiger partial charge in [-0.15, -0.1) is 0 Å². The number of hydrogen-bond acceptors (Lipinski definition) is 6. The third kappa shape index (κ3) is 4.97. The molecule has 238 valence electrons. The Kier molecular flexibility index (Phi) is 8.35. The number of nitrogens with zero attached hydrogens (tertiary/aromatic N) is 3. The number of aliphatic hydroxyl groups excluding tert-OH is 1. The van der Waals surface area contributed by atoms with Crippen LogP contribution in [0.4, 0.5) is 5.69 Å². The Morgan fingerprint density at radius 3 is 2.27 bits per heavy atom. The minimum Gasteiger partial charge on any atom is -0.494 e. The molecule has 0 bridgehead atoms. The van der Waals surface area contributed by atoms with Crippen molar-refractivity contribution in [1.82, 2.24) is 9.80 Å². The number of carbonyl (C=O) groups is 3. The maximum Gasteiger partial charge on any atom is 0.249 e. The van der Waals surface area contributed by atoms with Gasteiger partial charge in [0.25, 0.3) is 0 Å². The van der Waals surface area contributed by atoms with Crippen LogP contribution < -0.4 is 9.64 Å². The van der Waals surface area contributed by atoms with Gasteiger partial charge in [0.1, 0.15) is 17.4 Å². The van der Waals surface area contributed by atoms with Crippen LogP contribution in [0.25, 0.3) is 0 Å². The van der Waals surface area contributed by atoms with Gasteiger partial charge in [-0.2, -0.15) is 0 Å². The zero-order valence-corrected chi connectivity index (χ0v) is 26.5. The number of rotatable bonds is 9. The van der Waals surface area contributed by atoms with Crippen molar-refractivity contribution in [3.05, 3.63) is 84.5 Å². The molecule has 1 unspecified atom stereocenters. The summed E-state index contributed by atoms with van der Waals surface area (Å²) in [5.41, 5.74) is -0.814. The van der Waals surface area contributed by atoms with Gasteiger partial charge in [-0.25, -0.2) is 0 Å². The second-order valence-electron chi connectivity index (χ2n) is 12.7. The molecule has 9 nitrogen and oxygen atoms in total. The summed E-state index contributed by atoms with van der Waals surface area (Å²) in [6.45, 7) is 8.97. The topological polar surface area (TPSA) is 99.6 Å². The Hall–Kier alpha value is -3.95. The lowest BCUT2D eigenvalue weighted by atomic mass is 9.73. The maximum atomic E-state index is 14.8. The van der Waals surface area contributed by atoms with Gasteiger partial charge in [0.2, 0.25) is 17.7 Å². The molecule has 2 saturated heterocycles. The first-order valence-electron chi connectivity index (χ1n) is 16.1. The Morgan fingerprint density at radius 1 is 0.911 bits per heavy atom. The van der Waals surface area contributed by atoms with Crippen LogP contribution in [0.15, 0.2) is 78.9 Å². The average Bonchev–Trinajstić information content (AvgIpc) is 3.33. The van der Waals surface area contributed by atoms with Crippen molar-refractivity contribution in [2.24, 2.45) is 17.8 Å². The van der Waals surface area contributed by atoms with Crippen molar-refractivity contribution in [3.8, 4) is 5.75 Å². The molecule has 4 heterocycles. The highest BCUT2D eigenvalue weighted by atomic mass is 16.5. The van der Waals surface area contributed by atoms with Gasteiger partial charge in [0, 0.05) is 25.3 Å². The van der Waals surface area contributed by atoms with Crippen LogP contribution in [-0.2, 0) is 25.7 Å². The number of ether oxygens (including phenoxy) is 2. The zero-order chi connectivity index (χ0) is 31.9. The third-order valence-electron chi connectivity index (χ3n) is 9.95. The molecule has 0 aliphatic carbocycles. The highest BCUT2D eigenvalue weighted by molar-refractivity contribution is 6.04.